The number of halogens is 4. The van der Waals surface area contributed by atoms with Crippen LogP contribution in [0.3, 0.4) is 0 Å². The average Bonchev–Trinajstić information content (AvgIpc) is 2.14. The number of hydrogen-bond donors (Lipinski definition) is 1. The van der Waals surface area contributed by atoms with Crippen LogP contribution in [-0.4, -0.2) is 22.6 Å². The molecular weight excluding hydrogens is 234 g/mol. The van der Waals surface area contributed by atoms with Gasteiger partial charge in [0.15, 0.2) is 11.6 Å². The van der Waals surface area contributed by atoms with Gasteiger partial charge in [-0.3, -0.25) is 10.1 Å². The van der Waals surface area contributed by atoms with Gasteiger partial charge in [0.2, 0.25) is 0 Å². The molecule has 1 rings (SSSR count). The molecule has 0 aliphatic heterocycles. The summed E-state index contributed by atoms with van der Waals surface area (Å²) in [4.78, 5) is 12.5. The molecule has 0 radical (unpaired) electrons. The fraction of sp³-hybridized carbons (Fsp3) is 0.286. The Bertz CT molecular complexity index is 407. The van der Waals surface area contributed by atoms with Crippen LogP contribution in [0.4, 0.5) is 29.1 Å². The highest BCUT2D eigenvalue weighted by molar-refractivity contribution is 5.42. The Labute approximate surface area is 86.2 Å². The Hall–Kier alpha value is -1.93. The summed E-state index contributed by atoms with van der Waals surface area (Å²) in [5.74, 6) is -1.89. The zero-order valence-corrected chi connectivity index (χ0v) is 7.58. The maximum Gasteiger partial charge on any atom is 0.405 e. The maximum absolute atomic E-state index is 13.0. The minimum absolute atomic E-state index is 0.492. The van der Waals surface area contributed by atoms with E-state index in [4.69, 9.17) is 0 Å². The van der Waals surface area contributed by atoms with Crippen LogP contribution in [0, 0.1) is 15.9 Å². The van der Waals surface area contributed by atoms with E-state index in [9.17, 15) is 27.7 Å². The van der Waals surface area contributed by atoms with Crippen LogP contribution in [0.15, 0.2) is 12.3 Å². The number of nitrogens with one attached hydrogen (secondary N) is 1. The van der Waals surface area contributed by atoms with E-state index in [0.717, 1.165) is 0 Å². The molecule has 1 heterocycles. The number of aromatic nitrogens is 1. The lowest BCUT2D eigenvalue weighted by Gasteiger charge is -2.08. The topological polar surface area (TPSA) is 68.1 Å². The highest BCUT2D eigenvalue weighted by Gasteiger charge is 2.27. The summed E-state index contributed by atoms with van der Waals surface area (Å²) in [6, 6.07) is 0.492. The molecule has 9 heteroatoms. The maximum atomic E-state index is 13.0. The Morgan fingerprint density at radius 3 is 2.56 bits per heavy atom. The molecule has 0 atom stereocenters. The van der Waals surface area contributed by atoms with Gasteiger partial charge in [0, 0.05) is 0 Å². The van der Waals surface area contributed by atoms with E-state index in [1.165, 1.54) is 0 Å². The highest BCUT2D eigenvalue weighted by Crippen LogP contribution is 2.20. The second-order valence-electron chi connectivity index (χ2n) is 2.75. The summed E-state index contributed by atoms with van der Waals surface area (Å²) in [5, 5.41) is 11.9. The second-order valence-corrected chi connectivity index (χ2v) is 2.75. The molecule has 16 heavy (non-hydrogen) atoms. The van der Waals surface area contributed by atoms with Crippen LogP contribution in [0.1, 0.15) is 0 Å². The lowest BCUT2D eigenvalue weighted by atomic mass is 10.4. The molecule has 88 valence electrons. The standard InChI is InChI=1S/C7H5F4N3O2/c8-5-1-4(14(15)16)2-12-6(5)13-3-7(9,10)11/h1-2H,3H2,(H,12,13). The highest BCUT2D eigenvalue weighted by atomic mass is 19.4. The molecule has 5 nitrogen and oxygen atoms in total. The number of hydrogen-bond acceptors (Lipinski definition) is 4. The van der Waals surface area contributed by atoms with Crippen LogP contribution in [0.25, 0.3) is 0 Å². The van der Waals surface area contributed by atoms with Crippen molar-refractivity contribution in [3.8, 4) is 0 Å². The van der Waals surface area contributed by atoms with Crippen molar-refractivity contribution in [1.29, 1.82) is 0 Å². The van der Waals surface area contributed by atoms with Crippen LogP contribution in [0.2, 0.25) is 0 Å². The zero-order chi connectivity index (χ0) is 12.3. The van der Waals surface area contributed by atoms with Crippen LogP contribution in [0.5, 0.6) is 0 Å². The summed E-state index contributed by atoms with van der Waals surface area (Å²) >= 11 is 0. The third-order valence-corrected chi connectivity index (χ3v) is 1.49. The quantitative estimate of drug-likeness (QED) is 0.498. The third-order valence-electron chi connectivity index (χ3n) is 1.49. The molecule has 0 spiro atoms. The van der Waals surface area contributed by atoms with Crippen molar-refractivity contribution in [2.24, 2.45) is 0 Å². The molecule has 0 saturated heterocycles. The number of nitro groups is 1. The van der Waals surface area contributed by atoms with Gasteiger partial charge in [0.25, 0.3) is 5.69 Å². The van der Waals surface area contributed by atoms with E-state index in [1.54, 1.807) is 5.32 Å². The Kier molecular flexibility index (Phi) is 3.25. The summed E-state index contributed by atoms with van der Waals surface area (Å²) < 4.78 is 48.3. The molecule has 0 amide bonds. The number of anilines is 1. The molecule has 0 unspecified atom stereocenters. The fourth-order valence-electron chi connectivity index (χ4n) is 0.842. The minimum atomic E-state index is -4.52. The molecule has 0 saturated carbocycles. The van der Waals surface area contributed by atoms with Gasteiger partial charge in [0.05, 0.1) is 11.0 Å². The van der Waals surface area contributed by atoms with Crippen molar-refractivity contribution in [2.45, 2.75) is 6.18 Å². The molecule has 0 aromatic carbocycles. The summed E-state index contributed by atoms with van der Waals surface area (Å²) in [5.41, 5.74) is -0.630. The molecular formula is C7H5F4N3O2. The first-order valence-corrected chi connectivity index (χ1v) is 3.90. The fourth-order valence-corrected chi connectivity index (χ4v) is 0.842. The van der Waals surface area contributed by atoms with Gasteiger partial charge in [-0.1, -0.05) is 0 Å². The van der Waals surface area contributed by atoms with E-state index < -0.39 is 35.0 Å². The molecule has 0 aliphatic carbocycles. The van der Waals surface area contributed by atoms with Crippen molar-refractivity contribution in [1.82, 2.24) is 4.98 Å². The second kappa shape index (κ2) is 4.29. The predicted octanol–water partition coefficient (Wildman–Crippen LogP) is 2.10. The van der Waals surface area contributed by atoms with Crippen molar-refractivity contribution >= 4 is 11.5 Å². The van der Waals surface area contributed by atoms with E-state index in [1.807, 2.05) is 0 Å². The molecule has 1 aromatic heterocycles. The zero-order valence-electron chi connectivity index (χ0n) is 7.58. The largest absolute Gasteiger partial charge is 0.405 e. The predicted molar refractivity (Wildman–Crippen MR) is 45.4 cm³/mol. The van der Waals surface area contributed by atoms with Gasteiger partial charge in [-0.15, -0.1) is 0 Å². The molecule has 0 fully saturated rings. The lowest BCUT2D eigenvalue weighted by molar-refractivity contribution is -0.385. The number of nitrogens with zero attached hydrogens (tertiary/aromatic N) is 2. The Morgan fingerprint density at radius 2 is 2.12 bits per heavy atom. The Balaban J connectivity index is 2.80. The normalized spacial score (nSPS) is 11.2. The van der Waals surface area contributed by atoms with Crippen LogP contribution < -0.4 is 5.32 Å². The first-order chi connectivity index (χ1) is 7.29. The molecule has 0 aliphatic rings. The van der Waals surface area contributed by atoms with E-state index in [0.29, 0.717) is 12.3 Å². The first-order valence-electron chi connectivity index (χ1n) is 3.90. The van der Waals surface area contributed by atoms with E-state index in [2.05, 4.69) is 4.98 Å². The first kappa shape index (κ1) is 12.1. The van der Waals surface area contributed by atoms with Crippen LogP contribution in [-0.2, 0) is 0 Å². The van der Waals surface area contributed by atoms with Gasteiger partial charge in [-0.05, 0) is 0 Å². The SMILES string of the molecule is O=[N+]([O-])c1cnc(NCC(F)(F)F)c(F)c1. The van der Waals surface area contributed by atoms with Crippen molar-refractivity contribution in [3.05, 3.63) is 28.2 Å². The number of pyridine rings is 1. The van der Waals surface area contributed by atoms with Crippen molar-refractivity contribution in [2.75, 3.05) is 11.9 Å². The molecule has 1 aromatic rings. The lowest BCUT2D eigenvalue weighted by Crippen LogP contribution is -2.22. The van der Waals surface area contributed by atoms with Gasteiger partial charge in [-0.2, -0.15) is 13.2 Å². The monoisotopic (exact) mass is 239 g/mol. The minimum Gasteiger partial charge on any atom is -0.359 e. The number of alkyl halides is 3. The van der Waals surface area contributed by atoms with Crippen molar-refractivity contribution < 1.29 is 22.5 Å². The summed E-state index contributed by atoms with van der Waals surface area (Å²) in [6.07, 6.45) is -3.85. The average molecular weight is 239 g/mol. The third kappa shape index (κ3) is 3.33. The van der Waals surface area contributed by atoms with Crippen molar-refractivity contribution in [3.63, 3.8) is 0 Å². The smallest absolute Gasteiger partial charge is 0.359 e. The van der Waals surface area contributed by atoms with Gasteiger partial charge in [-0.25, -0.2) is 9.37 Å². The number of rotatable bonds is 3. The van der Waals surface area contributed by atoms with Gasteiger partial charge < -0.3 is 5.32 Å². The molecule has 1 N–H and O–H groups in total. The van der Waals surface area contributed by atoms with Gasteiger partial charge in [0.1, 0.15) is 12.7 Å². The Morgan fingerprint density at radius 1 is 1.50 bits per heavy atom. The van der Waals surface area contributed by atoms with E-state index >= 15 is 0 Å². The van der Waals surface area contributed by atoms with Crippen LogP contribution >= 0.6 is 0 Å². The van der Waals surface area contributed by atoms with E-state index in [-0.39, 0.29) is 0 Å². The summed E-state index contributed by atoms with van der Waals surface area (Å²) in [7, 11) is 0. The molecule has 0 bridgehead atoms. The summed E-state index contributed by atoms with van der Waals surface area (Å²) in [6.45, 7) is -1.46. The van der Waals surface area contributed by atoms with Gasteiger partial charge >= 0.3 is 6.18 Å².